The second kappa shape index (κ2) is 6.52. The number of sulfonamides is 1. The lowest BCUT2D eigenvalue weighted by Crippen LogP contribution is -2.25. The van der Waals surface area contributed by atoms with Crippen LogP contribution in [0.3, 0.4) is 0 Å². The van der Waals surface area contributed by atoms with E-state index in [2.05, 4.69) is 17.2 Å². The van der Waals surface area contributed by atoms with E-state index in [1.807, 2.05) is 4.57 Å². The summed E-state index contributed by atoms with van der Waals surface area (Å²) in [6.45, 7) is 2.83. The second-order valence-corrected chi connectivity index (χ2v) is 7.78. The maximum atomic E-state index is 11.9. The van der Waals surface area contributed by atoms with E-state index < -0.39 is 10.0 Å². The SMILES string of the molecule is CCCn1c(CCC(=O)NC2CC2)nc2cc(S(N)(=O)=O)ccc21. The van der Waals surface area contributed by atoms with Crippen molar-refractivity contribution in [2.45, 2.75) is 56.5 Å². The Morgan fingerprint density at radius 3 is 2.79 bits per heavy atom. The lowest BCUT2D eigenvalue weighted by Gasteiger charge is -2.08. The third-order valence-corrected chi connectivity index (χ3v) is 5.00. The molecule has 7 nitrogen and oxygen atoms in total. The highest BCUT2D eigenvalue weighted by atomic mass is 32.2. The molecule has 0 radical (unpaired) electrons. The fourth-order valence-corrected chi connectivity index (χ4v) is 3.29. The van der Waals surface area contributed by atoms with Gasteiger partial charge in [-0.3, -0.25) is 4.79 Å². The molecule has 0 bridgehead atoms. The summed E-state index contributed by atoms with van der Waals surface area (Å²) in [5, 5.41) is 8.15. The van der Waals surface area contributed by atoms with Crippen LogP contribution in [0.15, 0.2) is 23.1 Å². The van der Waals surface area contributed by atoms with Crippen LogP contribution >= 0.6 is 0 Å². The molecule has 0 unspecified atom stereocenters. The Kier molecular flexibility index (Phi) is 4.60. The molecule has 1 amide bonds. The normalized spacial score (nSPS) is 14.9. The molecule has 24 heavy (non-hydrogen) atoms. The van der Waals surface area contributed by atoms with Crippen LogP contribution in [0.25, 0.3) is 11.0 Å². The number of imidazole rings is 1. The van der Waals surface area contributed by atoms with Crippen LogP contribution in [0.4, 0.5) is 0 Å². The molecule has 2 aromatic rings. The van der Waals surface area contributed by atoms with Crippen molar-refractivity contribution in [2.24, 2.45) is 5.14 Å². The molecule has 3 N–H and O–H groups in total. The molecule has 0 spiro atoms. The largest absolute Gasteiger partial charge is 0.353 e. The van der Waals surface area contributed by atoms with Gasteiger partial charge in [0.1, 0.15) is 5.82 Å². The molecule has 1 fully saturated rings. The number of amides is 1. The van der Waals surface area contributed by atoms with Gasteiger partial charge < -0.3 is 9.88 Å². The number of hydrogen-bond donors (Lipinski definition) is 2. The lowest BCUT2D eigenvalue weighted by molar-refractivity contribution is -0.121. The van der Waals surface area contributed by atoms with Gasteiger partial charge in [0, 0.05) is 25.4 Å². The molecule has 0 saturated heterocycles. The molecular weight excluding hydrogens is 328 g/mol. The minimum absolute atomic E-state index is 0.0397. The summed E-state index contributed by atoms with van der Waals surface area (Å²) in [7, 11) is -3.76. The number of carbonyl (C=O) groups is 1. The van der Waals surface area contributed by atoms with E-state index in [0.29, 0.717) is 24.4 Å². The Balaban J connectivity index is 1.87. The summed E-state index contributed by atoms with van der Waals surface area (Å²) in [4.78, 5) is 16.5. The van der Waals surface area contributed by atoms with Gasteiger partial charge in [0.25, 0.3) is 0 Å². The van der Waals surface area contributed by atoms with Crippen molar-refractivity contribution >= 4 is 27.0 Å². The van der Waals surface area contributed by atoms with Crippen molar-refractivity contribution in [2.75, 3.05) is 0 Å². The number of nitrogens with zero attached hydrogens (tertiary/aromatic N) is 2. The Morgan fingerprint density at radius 2 is 2.17 bits per heavy atom. The first kappa shape index (κ1) is 16.9. The number of hydrogen-bond acceptors (Lipinski definition) is 4. The van der Waals surface area contributed by atoms with Gasteiger partial charge in [-0.1, -0.05) is 6.92 Å². The third-order valence-electron chi connectivity index (χ3n) is 4.09. The van der Waals surface area contributed by atoms with Crippen LogP contribution in [-0.2, 0) is 27.8 Å². The van der Waals surface area contributed by atoms with Crippen LogP contribution in [0, 0.1) is 0 Å². The summed E-state index contributed by atoms with van der Waals surface area (Å²) in [5.74, 6) is 0.835. The van der Waals surface area contributed by atoms with Gasteiger partial charge in [-0.25, -0.2) is 18.5 Å². The molecule has 1 aromatic carbocycles. The van der Waals surface area contributed by atoms with Crippen molar-refractivity contribution in [1.82, 2.24) is 14.9 Å². The highest BCUT2D eigenvalue weighted by molar-refractivity contribution is 7.89. The lowest BCUT2D eigenvalue weighted by atomic mass is 10.2. The second-order valence-electron chi connectivity index (χ2n) is 6.22. The summed E-state index contributed by atoms with van der Waals surface area (Å²) < 4.78 is 25.1. The Morgan fingerprint density at radius 1 is 1.42 bits per heavy atom. The van der Waals surface area contributed by atoms with E-state index in [4.69, 9.17) is 5.14 Å². The number of nitrogens with two attached hydrogens (primary N) is 1. The highest BCUT2D eigenvalue weighted by Crippen LogP contribution is 2.22. The molecule has 0 atom stereocenters. The predicted molar refractivity (Wildman–Crippen MR) is 90.9 cm³/mol. The molecule has 8 heteroatoms. The van der Waals surface area contributed by atoms with Crippen LogP contribution < -0.4 is 10.5 Å². The number of fused-ring (bicyclic) bond motifs is 1. The summed E-state index contributed by atoms with van der Waals surface area (Å²) in [6, 6.07) is 5.06. The maximum Gasteiger partial charge on any atom is 0.238 e. The Labute approximate surface area is 141 Å². The van der Waals surface area contributed by atoms with Crippen molar-refractivity contribution in [3.8, 4) is 0 Å². The van der Waals surface area contributed by atoms with Gasteiger partial charge >= 0.3 is 0 Å². The van der Waals surface area contributed by atoms with Crippen molar-refractivity contribution in [1.29, 1.82) is 0 Å². The summed E-state index contributed by atoms with van der Waals surface area (Å²) in [6.07, 6.45) is 3.96. The quantitative estimate of drug-likeness (QED) is 0.785. The van der Waals surface area contributed by atoms with Crippen LogP contribution in [0.5, 0.6) is 0 Å². The van der Waals surface area contributed by atoms with Gasteiger partial charge in [-0.15, -0.1) is 0 Å². The molecule has 1 saturated carbocycles. The zero-order valence-electron chi connectivity index (χ0n) is 13.7. The first-order valence-electron chi connectivity index (χ1n) is 8.20. The molecule has 1 aliphatic rings. The molecule has 1 aromatic heterocycles. The smallest absolute Gasteiger partial charge is 0.238 e. The van der Waals surface area contributed by atoms with E-state index >= 15 is 0 Å². The number of benzene rings is 1. The van der Waals surface area contributed by atoms with E-state index in [-0.39, 0.29) is 10.8 Å². The fraction of sp³-hybridized carbons (Fsp3) is 0.500. The zero-order valence-corrected chi connectivity index (χ0v) is 14.5. The van der Waals surface area contributed by atoms with Gasteiger partial charge in [0.05, 0.1) is 15.9 Å². The molecule has 3 rings (SSSR count). The van der Waals surface area contributed by atoms with Crippen molar-refractivity contribution in [3.63, 3.8) is 0 Å². The number of aryl methyl sites for hydroxylation is 2. The van der Waals surface area contributed by atoms with Crippen LogP contribution in [-0.4, -0.2) is 29.9 Å². The zero-order chi connectivity index (χ0) is 17.3. The summed E-state index contributed by atoms with van der Waals surface area (Å²) >= 11 is 0. The Hall–Kier alpha value is -1.93. The topological polar surface area (TPSA) is 107 Å². The molecular formula is C16H22N4O3S. The van der Waals surface area contributed by atoms with E-state index in [1.165, 1.54) is 12.1 Å². The molecule has 130 valence electrons. The minimum Gasteiger partial charge on any atom is -0.353 e. The summed E-state index contributed by atoms with van der Waals surface area (Å²) in [5.41, 5.74) is 1.45. The monoisotopic (exact) mass is 350 g/mol. The van der Waals surface area contributed by atoms with E-state index in [1.54, 1.807) is 6.07 Å². The third kappa shape index (κ3) is 3.76. The average Bonchev–Trinajstić information content (AvgIpc) is 3.25. The Bertz CT molecular complexity index is 869. The van der Waals surface area contributed by atoms with Crippen LogP contribution in [0.1, 0.15) is 38.4 Å². The van der Waals surface area contributed by atoms with Gasteiger partial charge in [0.15, 0.2) is 0 Å². The number of carbonyl (C=O) groups excluding carboxylic acids is 1. The minimum atomic E-state index is -3.76. The van der Waals surface area contributed by atoms with E-state index in [0.717, 1.165) is 37.1 Å². The van der Waals surface area contributed by atoms with Gasteiger partial charge in [0.2, 0.25) is 15.9 Å². The first-order valence-corrected chi connectivity index (χ1v) is 9.74. The standard InChI is InChI=1S/C16H22N4O3S/c1-2-9-20-14-6-5-12(24(17,22)23)10-13(14)19-15(20)7-8-16(21)18-11-3-4-11/h5-6,10-11H,2-4,7-9H2,1H3,(H,18,21)(H2,17,22,23). The van der Waals surface area contributed by atoms with Crippen molar-refractivity contribution in [3.05, 3.63) is 24.0 Å². The fourth-order valence-electron chi connectivity index (χ4n) is 2.75. The molecule has 1 heterocycles. The highest BCUT2D eigenvalue weighted by Gasteiger charge is 2.23. The predicted octanol–water partition coefficient (Wildman–Crippen LogP) is 1.30. The number of rotatable bonds is 7. The first-order chi connectivity index (χ1) is 11.4. The number of primary sulfonamides is 1. The van der Waals surface area contributed by atoms with Crippen LogP contribution in [0.2, 0.25) is 0 Å². The average molecular weight is 350 g/mol. The van der Waals surface area contributed by atoms with Gasteiger partial charge in [-0.05, 0) is 37.5 Å². The van der Waals surface area contributed by atoms with E-state index in [9.17, 15) is 13.2 Å². The van der Waals surface area contributed by atoms with Crippen molar-refractivity contribution < 1.29 is 13.2 Å². The molecule has 0 aliphatic heterocycles. The molecule has 1 aliphatic carbocycles. The van der Waals surface area contributed by atoms with Gasteiger partial charge in [-0.2, -0.15) is 0 Å². The number of nitrogens with one attached hydrogen (secondary N) is 1. The number of aromatic nitrogens is 2. The maximum absolute atomic E-state index is 11.9.